The summed E-state index contributed by atoms with van der Waals surface area (Å²) in [6.45, 7) is 2.04. The molecule has 0 radical (unpaired) electrons. The van der Waals surface area contributed by atoms with E-state index in [4.69, 9.17) is 4.84 Å². The summed E-state index contributed by atoms with van der Waals surface area (Å²) in [5.74, 6) is 0. The molecule has 3 aromatic carbocycles. The van der Waals surface area contributed by atoms with Crippen LogP contribution < -0.4 is 5.06 Å². The summed E-state index contributed by atoms with van der Waals surface area (Å²) < 4.78 is 0. The zero-order valence-corrected chi connectivity index (χ0v) is 13.5. The third-order valence-electron chi connectivity index (χ3n) is 3.79. The van der Waals surface area contributed by atoms with Crippen molar-refractivity contribution < 1.29 is 4.84 Å². The summed E-state index contributed by atoms with van der Waals surface area (Å²) in [6, 6.07) is 24.8. The summed E-state index contributed by atoms with van der Waals surface area (Å²) >= 11 is 0. The maximum atomic E-state index is 6.01. The molecule has 0 bridgehead atoms. The van der Waals surface area contributed by atoms with Crippen LogP contribution in [0.15, 0.2) is 78.9 Å². The van der Waals surface area contributed by atoms with E-state index >= 15 is 0 Å². The number of fused-ring (bicyclic) bond motifs is 1. The average molecular weight is 303 g/mol. The highest BCUT2D eigenvalue weighted by Gasteiger charge is 2.08. The fraction of sp³-hybridized carbons (Fsp3) is 0.143. The van der Waals surface area contributed by atoms with Gasteiger partial charge in [-0.1, -0.05) is 78.9 Å². The van der Waals surface area contributed by atoms with Crippen LogP contribution in [0.25, 0.3) is 16.8 Å². The molecule has 2 nitrogen and oxygen atoms in total. The predicted molar refractivity (Wildman–Crippen MR) is 98.4 cm³/mol. The fourth-order valence-electron chi connectivity index (χ4n) is 2.63. The first kappa shape index (κ1) is 15.3. The van der Waals surface area contributed by atoms with Crippen molar-refractivity contribution in [3.8, 4) is 0 Å². The van der Waals surface area contributed by atoms with Crippen LogP contribution in [-0.2, 0) is 4.84 Å². The van der Waals surface area contributed by atoms with Crippen LogP contribution >= 0.6 is 0 Å². The molecule has 0 aliphatic rings. The van der Waals surface area contributed by atoms with E-state index in [0.717, 1.165) is 5.69 Å². The van der Waals surface area contributed by atoms with Gasteiger partial charge in [0.1, 0.15) is 6.10 Å². The molecule has 1 atom stereocenters. The van der Waals surface area contributed by atoms with Crippen LogP contribution in [0.1, 0.15) is 12.5 Å². The van der Waals surface area contributed by atoms with Crippen molar-refractivity contribution in [1.29, 1.82) is 0 Å². The van der Waals surface area contributed by atoms with Crippen LogP contribution in [0.4, 0.5) is 5.69 Å². The van der Waals surface area contributed by atoms with Gasteiger partial charge in [0, 0.05) is 12.4 Å². The van der Waals surface area contributed by atoms with Gasteiger partial charge in [0.05, 0.1) is 5.69 Å². The lowest BCUT2D eigenvalue weighted by Gasteiger charge is -2.23. The van der Waals surface area contributed by atoms with Crippen molar-refractivity contribution in [2.24, 2.45) is 0 Å². The van der Waals surface area contributed by atoms with Gasteiger partial charge in [-0.05, 0) is 23.9 Å². The maximum Gasteiger partial charge on any atom is 0.101 e. The van der Waals surface area contributed by atoms with Crippen molar-refractivity contribution in [2.45, 2.75) is 13.0 Å². The molecule has 0 fully saturated rings. The molecule has 0 amide bonds. The van der Waals surface area contributed by atoms with Gasteiger partial charge in [0.25, 0.3) is 0 Å². The largest absolute Gasteiger partial charge is 0.267 e. The molecular formula is C21H21NO. The summed E-state index contributed by atoms with van der Waals surface area (Å²) in [7, 11) is 1.95. The van der Waals surface area contributed by atoms with Crippen molar-refractivity contribution in [3.05, 3.63) is 84.4 Å². The SMILES string of the molecule is CC(/C=C/c1ccccc1)ON(C)c1cccc2ccccc12. The van der Waals surface area contributed by atoms with Gasteiger partial charge < -0.3 is 0 Å². The molecule has 0 aliphatic heterocycles. The minimum Gasteiger partial charge on any atom is -0.267 e. The van der Waals surface area contributed by atoms with Gasteiger partial charge in [0.15, 0.2) is 0 Å². The van der Waals surface area contributed by atoms with E-state index in [2.05, 4.69) is 66.7 Å². The van der Waals surface area contributed by atoms with Crippen molar-refractivity contribution in [2.75, 3.05) is 12.1 Å². The highest BCUT2D eigenvalue weighted by atomic mass is 16.7. The number of hydrogen-bond acceptors (Lipinski definition) is 2. The maximum absolute atomic E-state index is 6.01. The quantitative estimate of drug-likeness (QED) is 0.592. The number of hydroxylamine groups is 1. The standard InChI is InChI=1S/C21H21NO/c1-17(15-16-18-9-4-3-5-10-18)23-22(2)21-14-8-12-19-11-6-7-13-20(19)21/h3-17H,1-2H3/b16-15+. The first-order valence-corrected chi connectivity index (χ1v) is 7.85. The average Bonchev–Trinajstić information content (AvgIpc) is 2.60. The van der Waals surface area contributed by atoms with E-state index in [0.29, 0.717) is 0 Å². The molecule has 0 N–H and O–H groups in total. The monoisotopic (exact) mass is 303 g/mol. The van der Waals surface area contributed by atoms with Crippen LogP contribution in [0.2, 0.25) is 0 Å². The number of anilines is 1. The summed E-state index contributed by atoms with van der Waals surface area (Å²) in [4.78, 5) is 6.01. The van der Waals surface area contributed by atoms with Crippen LogP contribution in [-0.4, -0.2) is 13.2 Å². The molecule has 0 spiro atoms. The lowest BCUT2D eigenvalue weighted by atomic mass is 10.1. The third-order valence-corrected chi connectivity index (χ3v) is 3.79. The zero-order valence-electron chi connectivity index (χ0n) is 13.5. The van der Waals surface area contributed by atoms with Gasteiger partial charge in [-0.3, -0.25) is 9.90 Å². The van der Waals surface area contributed by atoms with Crippen molar-refractivity contribution in [3.63, 3.8) is 0 Å². The molecule has 0 saturated carbocycles. The molecule has 116 valence electrons. The van der Waals surface area contributed by atoms with Crippen LogP contribution in [0.5, 0.6) is 0 Å². The highest BCUT2D eigenvalue weighted by molar-refractivity contribution is 5.93. The first-order chi connectivity index (χ1) is 11.2. The molecule has 0 aromatic heterocycles. The second-order valence-corrected chi connectivity index (χ2v) is 5.58. The molecule has 0 saturated heterocycles. The molecule has 2 heteroatoms. The Balaban J connectivity index is 1.73. The Morgan fingerprint density at radius 2 is 1.57 bits per heavy atom. The second-order valence-electron chi connectivity index (χ2n) is 5.58. The molecular weight excluding hydrogens is 282 g/mol. The van der Waals surface area contributed by atoms with E-state index < -0.39 is 0 Å². The van der Waals surface area contributed by atoms with Gasteiger partial charge in [-0.25, -0.2) is 0 Å². The molecule has 3 rings (SSSR count). The second kappa shape index (κ2) is 7.12. The lowest BCUT2D eigenvalue weighted by Crippen LogP contribution is -2.23. The molecule has 23 heavy (non-hydrogen) atoms. The van der Waals surface area contributed by atoms with E-state index in [1.54, 1.807) is 0 Å². The molecule has 0 aliphatic carbocycles. The minimum atomic E-state index is -0.0147. The first-order valence-electron chi connectivity index (χ1n) is 7.85. The normalized spacial score (nSPS) is 12.6. The van der Waals surface area contributed by atoms with Crippen molar-refractivity contribution >= 4 is 22.5 Å². The number of nitrogens with zero attached hydrogens (tertiary/aromatic N) is 1. The third kappa shape index (κ3) is 3.79. The van der Waals surface area contributed by atoms with E-state index in [1.807, 2.05) is 37.2 Å². The van der Waals surface area contributed by atoms with Gasteiger partial charge in [0.2, 0.25) is 0 Å². The number of hydrogen-bond donors (Lipinski definition) is 0. The van der Waals surface area contributed by atoms with Gasteiger partial charge >= 0.3 is 0 Å². The topological polar surface area (TPSA) is 12.5 Å². The highest BCUT2D eigenvalue weighted by Crippen LogP contribution is 2.26. The predicted octanol–water partition coefficient (Wildman–Crippen LogP) is 5.31. The van der Waals surface area contributed by atoms with Crippen LogP contribution in [0, 0.1) is 0 Å². The minimum absolute atomic E-state index is 0.0147. The Morgan fingerprint density at radius 1 is 0.870 bits per heavy atom. The van der Waals surface area contributed by atoms with Crippen molar-refractivity contribution in [1.82, 2.24) is 0 Å². The Morgan fingerprint density at radius 3 is 2.39 bits per heavy atom. The Kier molecular flexibility index (Phi) is 4.74. The summed E-state index contributed by atoms with van der Waals surface area (Å²) in [5.41, 5.74) is 2.25. The number of benzene rings is 3. The lowest BCUT2D eigenvalue weighted by molar-refractivity contribution is 0.0866. The Bertz CT molecular complexity index is 790. The van der Waals surface area contributed by atoms with E-state index in [9.17, 15) is 0 Å². The molecule has 1 unspecified atom stereocenters. The summed E-state index contributed by atoms with van der Waals surface area (Å²) in [6.07, 6.45) is 4.14. The Labute approximate surface area is 137 Å². The zero-order chi connectivity index (χ0) is 16.1. The van der Waals surface area contributed by atoms with Gasteiger partial charge in [-0.15, -0.1) is 0 Å². The fourth-order valence-corrected chi connectivity index (χ4v) is 2.63. The molecule has 0 heterocycles. The number of rotatable bonds is 5. The summed E-state index contributed by atoms with van der Waals surface area (Å²) in [5, 5.41) is 4.26. The van der Waals surface area contributed by atoms with E-state index in [-0.39, 0.29) is 6.10 Å². The van der Waals surface area contributed by atoms with Crippen LogP contribution in [0.3, 0.4) is 0 Å². The van der Waals surface area contributed by atoms with E-state index in [1.165, 1.54) is 16.3 Å². The smallest absolute Gasteiger partial charge is 0.101 e. The molecule has 3 aromatic rings. The van der Waals surface area contributed by atoms with Gasteiger partial charge in [-0.2, -0.15) is 0 Å². The Hall–Kier alpha value is -2.58.